The van der Waals surface area contributed by atoms with Gasteiger partial charge in [0, 0.05) is 23.5 Å². The quantitative estimate of drug-likeness (QED) is 0.650. The smallest absolute Gasteiger partial charge is 0.230 e. The number of aryl methyl sites for hydroxylation is 2. The molecule has 5 nitrogen and oxygen atoms in total. The highest BCUT2D eigenvalue weighted by Gasteiger charge is 2.19. The lowest BCUT2D eigenvalue weighted by Gasteiger charge is -2.28. The van der Waals surface area contributed by atoms with E-state index in [4.69, 9.17) is 0 Å². The molecule has 6 heteroatoms. The van der Waals surface area contributed by atoms with Gasteiger partial charge in [-0.15, -0.1) is 0 Å². The van der Waals surface area contributed by atoms with E-state index < -0.39 is 0 Å². The Hall–Kier alpha value is -1.14. The van der Waals surface area contributed by atoms with E-state index in [1.165, 1.54) is 11.8 Å². The highest BCUT2D eigenvalue weighted by Crippen LogP contribution is 2.14. The summed E-state index contributed by atoms with van der Waals surface area (Å²) in [5.41, 5.74) is 1.88. The number of nitrogens with one attached hydrogen (secondary N) is 2. The van der Waals surface area contributed by atoms with Crippen LogP contribution < -0.4 is 10.6 Å². The largest absolute Gasteiger partial charge is 0.353 e. The molecule has 1 aliphatic heterocycles. The molecule has 1 aliphatic rings. The molecule has 20 heavy (non-hydrogen) atoms. The average molecular weight is 294 g/mol. The van der Waals surface area contributed by atoms with Crippen LogP contribution in [0.2, 0.25) is 0 Å². The van der Waals surface area contributed by atoms with Crippen molar-refractivity contribution in [2.24, 2.45) is 0 Å². The van der Waals surface area contributed by atoms with Gasteiger partial charge in [-0.3, -0.25) is 4.79 Å². The number of hydrogen-bond donors (Lipinski definition) is 2. The van der Waals surface area contributed by atoms with Crippen LogP contribution in [-0.2, 0) is 4.79 Å². The number of nitrogens with zero attached hydrogens (tertiary/aromatic N) is 2. The first-order valence-corrected chi connectivity index (χ1v) is 7.99. The summed E-state index contributed by atoms with van der Waals surface area (Å²) in [7, 11) is 0. The number of piperidine rings is 1. The lowest BCUT2D eigenvalue weighted by Crippen LogP contribution is -2.47. The van der Waals surface area contributed by atoms with Crippen molar-refractivity contribution in [2.45, 2.75) is 50.9 Å². The third-order valence-corrected chi connectivity index (χ3v) is 4.13. The maximum atomic E-state index is 12.0. The second-order valence-corrected chi connectivity index (χ2v) is 6.31. The van der Waals surface area contributed by atoms with Crippen LogP contribution in [0.4, 0.5) is 0 Å². The van der Waals surface area contributed by atoms with Crippen LogP contribution in [0.1, 0.15) is 31.2 Å². The zero-order valence-electron chi connectivity index (χ0n) is 12.3. The number of aromatic nitrogens is 2. The fourth-order valence-corrected chi connectivity index (χ4v) is 3.18. The highest BCUT2D eigenvalue weighted by atomic mass is 32.2. The summed E-state index contributed by atoms with van der Waals surface area (Å²) in [6.07, 6.45) is 2.00. The van der Waals surface area contributed by atoms with E-state index in [9.17, 15) is 4.79 Å². The monoisotopic (exact) mass is 294 g/mol. The minimum absolute atomic E-state index is 0.0665. The van der Waals surface area contributed by atoms with Gasteiger partial charge < -0.3 is 10.6 Å². The second-order valence-electron chi connectivity index (χ2n) is 5.37. The molecule has 0 aromatic carbocycles. The zero-order valence-corrected chi connectivity index (χ0v) is 13.1. The standard InChI is InChI=1S/C14H22N4OS/c1-9-7-12(4-5-15-9)18-13(19)8-20-14-16-10(2)6-11(3)17-14/h6,9,12,15H,4-5,7-8H2,1-3H3,(H,18,19). The molecule has 2 atom stereocenters. The van der Waals surface area contributed by atoms with Crippen LogP contribution in [0, 0.1) is 13.8 Å². The molecule has 2 rings (SSSR count). The first-order valence-electron chi connectivity index (χ1n) is 7.01. The third kappa shape index (κ3) is 4.76. The Morgan fingerprint density at radius 1 is 1.45 bits per heavy atom. The van der Waals surface area contributed by atoms with E-state index in [1.807, 2.05) is 19.9 Å². The number of amides is 1. The Morgan fingerprint density at radius 3 is 2.80 bits per heavy atom. The predicted molar refractivity (Wildman–Crippen MR) is 80.9 cm³/mol. The molecule has 0 aliphatic carbocycles. The molecule has 1 aromatic heterocycles. The van der Waals surface area contributed by atoms with E-state index in [0.29, 0.717) is 23.0 Å². The van der Waals surface area contributed by atoms with Crippen molar-refractivity contribution in [3.8, 4) is 0 Å². The van der Waals surface area contributed by atoms with Crippen LogP contribution in [0.25, 0.3) is 0 Å². The van der Waals surface area contributed by atoms with E-state index in [1.54, 1.807) is 0 Å². The van der Waals surface area contributed by atoms with E-state index in [2.05, 4.69) is 27.5 Å². The summed E-state index contributed by atoms with van der Waals surface area (Å²) >= 11 is 1.40. The van der Waals surface area contributed by atoms with Crippen LogP contribution in [-0.4, -0.2) is 40.3 Å². The molecule has 2 unspecified atom stereocenters. The molecule has 0 spiro atoms. The molecule has 2 heterocycles. The van der Waals surface area contributed by atoms with Crippen molar-refractivity contribution in [3.63, 3.8) is 0 Å². The molecule has 1 fully saturated rings. The molecule has 1 amide bonds. The Balaban J connectivity index is 1.79. The van der Waals surface area contributed by atoms with Crippen LogP contribution in [0.3, 0.4) is 0 Å². The lowest BCUT2D eigenvalue weighted by atomic mass is 10.0. The fourth-order valence-electron chi connectivity index (χ4n) is 2.42. The molecule has 0 bridgehead atoms. The van der Waals surface area contributed by atoms with Gasteiger partial charge in [0.2, 0.25) is 5.91 Å². The van der Waals surface area contributed by atoms with Crippen molar-refractivity contribution < 1.29 is 4.79 Å². The van der Waals surface area contributed by atoms with Crippen molar-refractivity contribution in [2.75, 3.05) is 12.3 Å². The Labute approximate surface area is 124 Å². The number of thioether (sulfide) groups is 1. The van der Waals surface area contributed by atoms with Crippen LogP contribution in [0.15, 0.2) is 11.2 Å². The van der Waals surface area contributed by atoms with E-state index in [0.717, 1.165) is 30.8 Å². The minimum Gasteiger partial charge on any atom is -0.353 e. The summed E-state index contributed by atoms with van der Waals surface area (Å²) in [4.78, 5) is 20.6. The van der Waals surface area contributed by atoms with Gasteiger partial charge >= 0.3 is 0 Å². The van der Waals surface area contributed by atoms with Gasteiger partial charge in [-0.1, -0.05) is 11.8 Å². The van der Waals surface area contributed by atoms with Crippen molar-refractivity contribution >= 4 is 17.7 Å². The molecule has 0 saturated carbocycles. The van der Waals surface area contributed by atoms with Gasteiger partial charge in [-0.2, -0.15) is 0 Å². The maximum absolute atomic E-state index is 12.0. The van der Waals surface area contributed by atoms with E-state index in [-0.39, 0.29) is 5.91 Å². The van der Waals surface area contributed by atoms with Crippen LogP contribution >= 0.6 is 11.8 Å². The normalized spacial score (nSPS) is 22.6. The summed E-state index contributed by atoms with van der Waals surface area (Å²) in [5, 5.41) is 7.15. The molecule has 0 radical (unpaired) electrons. The Bertz CT molecular complexity index is 460. The molecule has 2 N–H and O–H groups in total. The third-order valence-electron chi connectivity index (χ3n) is 3.28. The van der Waals surface area contributed by atoms with Gasteiger partial charge in [-0.25, -0.2) is 9.97 Å². The van der Waals surface area contributed by atoms with Crippen LogP contribution in [0.5, 0.6) is 0 Å². The zero-order chi connectivity index (χ0) is 14.5. The number of carbonyl (C=O) groups is 1. The Kier molecular flexibility index (Phi) is 5.37. The Morgan fingerprint density at radius 2 is 2.15 bits per heavy atom. The summed E-state index contributed by atoms with van der Waals surface area (Å²) < 4.78 is 0. The summed E-state index contributed by atoms with van der Waals surface area (Å²) in [6.45, 7) is 7.00. The first-order chi connectivity index (χ1) is 9.52. The van der Waals surface area contributed by atoms with E-state index >= 15 is 0 Å². The average Bonchev–Trinajstić information content (AvgIpc) is 2.35. The number of carbonyl (C=O) groups excluding carboxylic acids is 1. The molecule has 110 valence electrons. The van der Waals surface area contributed by atoms with Gasteiger partial charge in [0.1, 0.15) is 0 Å². The van der Waals surface area contributed by atoms with Gasteiger partial charge in [0.05, 0.1) is 5.75 Å². The first kappa shape index (κ1) is 15.3. The molecule has 1 aromatic rings. The van der Waals surface area contributed by atoms with Gasteiger partial charge in [0.15, 0.2) is 5.16 Å². The lowest BCUT2D eigenvalue weighted by molar-refractivity contribution is -0.119. The SMILES string of the molecule is Cc1cc(C)nc(SCC(=O)NC2CCNC(C)C2)n1. The van der Waals surface area contributed by atoms with Gasteiger partial charge in [0.25, 0.3) is 0 Å². The number of hydrogen-bond acceptors (Lipinski definition) is 5. The molecular weight excluding hydrogens is 272 g/mol. The summed E-state index contributed by atoms with van der Waals surface area (Å²) in [5.74, 6) is 0.443. The predicted octanol–water partition coefficient (Wildman–Crippen LogP) is 1.44. The molecule has 1 saturated heterocycles. The molecular formula is C14H22N4OS. The fraction of sp³-hybridized carbons (Fsp3) is 0.643. The number of rotatable bonds is 4. The second kappa shape index (κ2) is 7.04. The topological polar surface area (TPSA) is 66.9 Å². The maximum Gasteiger partial charge on any atom is 0.230 e. The van der Waals surface area contributed by atoms with Crippen molar-refractivity contribution in [3.05, 3.63) is 17.5 Å². The minimum atomic E-state index is 0.0665. The highest BCUT2D eigenvalue weighted by molar-refractivity contribution is 7.99. The summed E-state index contributed by atoms with van der Waals surface area (Å²) in [6, 6.07) is 2.70. The van der Waals surface area contributed by atoms with Crippen molar-refractivity contribution in [1.29, 1.82) is 0 Å². The van der Waals surface area contributed by atoms with Crippen molar-refractivity contribution in [1.82, 2.24) is 20.6 Å². The van der Waals surface area contributed by atoms with Gasteiger partial charge in [-0.05, 0) is 46.2 Å².